The molecular formula is C32H30. The molecule has 4 rings (SSSR count). The van der Waals surface area contributed by atoms with Gasteiger partial charge >= 0.3 is 0 Å². The first-order chi connectivity index (χ1) is 15.6. The van der Waals surface area contributed by atoms with Crippen LogP contribution < -0.4 is 0 Å². The molecule has 0 heteroatoms. The van der Waals surface area contributed by atoms with Crippen molar-refractivity contribution < 1.29 is 0 Å². The summed E-state index contributed by atoms with van der Waals surface area (Å²) in [5, 5.41) is 0. The summed E-state index contributed by atoms with van der Waals surface area (Å²) in [4.78, 5) is 0. The van der Waals surface area contributed by atoms with Crippen molar-refractivity contribution in [2.45, 2.75) is 26.2 Å². The van der Waals surface area contributed by atoms with E-state index in [2.05, 4.69) is 111 Å². The summed E-state index contributed by atoms with van der Waals surface area (Å²) in [5.41, 5.74) is 10.4. The molecule has 0 amide bonds. The Morgan fingerprint density at radius 3 is 2.19 bits per heavy atom. The van der Waals surface area contributed by atoms with Crippen LogP contribution in [0.25, 0.3) is 34.4 Å². The number of hydrogen-bond acceptors (Lipinski definition) is 0. The first-order valence-corrected chi connectivity index (χ1v) is 11.2. The van der Waals surface area contributed by atoms with Gasteiger partial charge in [-0.15, -0.1) is 0 Å². The van der Waals surface area contributed by atoms with Gasteiger partial charge in [0.15, 0.2) is 0 Å². The van der Waals surface area contributed by atoms with E-state index in [1.54, 1.807) is 6.08 Å². The fourth-order valence-corrected chi connectivity index (χ4v) is 4.51. The van der Waals surface area contributed by atoms with Crippen molar-refractivity contribution in [1.29, 1.82) is 0 Å². The van der Waals surface area contributed by atoms with Crippen LogP contribution in [-0.2, 0) is 5.41 Å². The van der Waals surface area contributed by atoms with Crippen LogP contribution in [0.3, 0.4) is 0 Å². The van der Waals surface area contributed by atoms with Crippen LogP contribution in [0.4, 0.5) is 0 Å². The Morgan fingerprint density at radius 1 is 0.688 bits per heavy atom. The maximum Gasteiger partial charge on any atom is 0.0159 e. The highest BCUT2D eigenvalue weighted by Gasteiger charge is 2.35. The van der Waals surface area contributed by atoms with E-state index in [1.165, 1.54) is 44.5 Å². The zero-order chi connectivity index (χ0) is 22.6. The predicted octanol–water partition coefficient (Wildman–Crippen LogP) is 9.00. The Bertz CT molecular complexity index is 1260. The number of allylic oxidation sites excluding steroid dienone is 7. The fourth-order valence-electron chi connectivity index (χ4n) is 4.51. The Morgan fingerprint density at radius 2 is 1.41 bits per heavy atom. The summed E-state index contributed by atoms with van der Waals surface area (Å²) >= 11 is 0. The standard InChI is InChI=1S/C32H30/c1-5-7-9-11-14-24-18-20-28-29-21-19-26(23-31(29)32(3,4)30(28)22-24)27-17-13-12-16-25(27)15-10-8-6-2/h5-23H,1H2,2-4H3/b8-6+,9-7-,14-11-,15-10-. The third kappa shape index (κ3) is 4.09. The van der Waals surface area contributed by atoms with Gasteiger partial charge in [-0.05, 0) is 57.5 Å². The molecule has 1 aliphatic carbocycles. The first kappa shape index (κ1) is 21.6. The minimum absolute atomic E-state index is 0.0444. The molecule has 0 nitrogen and oxygen atoms in total. The van der Waals surface area contributed by atoms with Crippen molar-refractivity contribution in [1.82, 2.24) is 0 Å². The van der Waals surface area contributed by atoms with Crippen molar-refractivity contribution in [3.05, 3.63) is 132 Å². The molecule has 32 heavy (non-hydrogen) atoms. The van der Waals surface area contributed by atoms with Crippen molar-refractivity contribution in [3.8, 4) is 22.3 Å². The summed E-state index contributed by atoms with van der Waals surface area (Å²) in [7, 11) is 0. The van der Waals surface area contributed by atoms with Gasteiger partial charge in [-0.3, -0.25) is 0 Å². The second kappa shape index (κ2) is 9.24. The van der Waals surface area contributed by atoms with Gasteiger partial charge in [0.25, 0.3) is 0 Å². The third-order valence-corrected chi connectivity index (χ3v) is 6.20. The maximum absolute atomic E-state index is 3.72. The van der Waals surface area contributed by atoms with E-state index >= 15 is 0 Å². The van der Waals surface area contributed by atoms with Crippen LogP contribution in [0.1, 0.15) is 43.0 Å². The van der Waals surface area contributed by atoms with E-state index in [0.717, 1.165) is 0 Å². The minimum Gasteiger partial charge on any atom is -0.0991 e. The fraction of sp³-hybridized carbons (Fsp3) is 0.125. The van der Waals surface area contributed by atoms with Gasteiger partial charge in [0.05, 0.1) is 0 Å². The van der Waals surface area contributed by atoms with Crippen LogP contribution >= 0.6 is 0 Å². The molecule has 158 valence electrons. The van der Waals surface area contributed by atoms with Gasteiger partial charge < -0.3 is 0 Å². The van der Waals surface area contributed by atoms with E-state index in [1.807, 2.05) is 25.2 Å². The average Bonchev–Trinajstić information content (AvgIpc) is 3.03. The number of hydrogen-bond donors (Lipinski definition) is 0. The molecule has 0 N–H and O–H groups in total. The lowest BCUT2D eigenvalue weighted by atomic mass is 9.81. The largest absolute Gasteiger partial charge is 0.0991 e. The molecule has 0 saturated carbocycles. The molecule has 3 aromatic carbocycles. The van der Waals surface area contributed by atoms with E-state index in [0.29, 0.717) is 0 Å². The zero-order valence-corrected chi connectivity index (χ0v) is 19.2. The molecule has 0 unspecified atom stereocenters. The maximum atomic E-state index is 3.72. The molecule has 0 aliphatic heterocycles. The van der Waals surface area contributed by atoms with Crippen LogP contribution in [-0.4, -0.2) is 0 Å². The Hall–Kier alpha value is -3.64. The number of fused-ring (bicyclic) bond motifs is 3. The molecule has 1 aliphatic rings. The first-order valence-electron chi connectivity index (χ1n) is 11.2. The number of benzene rings is 3. The SMILES string of the molecule is C=C/C=C\C=C/c1ccc2c(c1)C(C)(C)c1cc(-c3ccccc3/C=C\C=C\C)ccc1-2. The summed E-state index contributed by atoms with van der Waals surface area (Å²) in [6.45, 7) is 10.4. The summed E-state index contributed by atoms with van der Waals surface area (Å²) in [6, 6.07) is 22.4. The monoisotopic (exact) mass is 414 g/mol. The lowest BCUT2D eigenvalue weighted by Gasteiger charge is -2.22. The van der Waals surface area contributed by atoms with E-state index in [9.17, 15) is 0 Å². The smallest absolute Gasteiger partial charge is 0.0159 e. The molecule has 0 radical (unpaired) electrons. The van der Waals surface area contributed by atoms with Crippen LogP contribution in [0.5, 0.6) is 0 Å². The molecule has 0 fully saturated rings. The van der Waals surface area contributed by atoms with Crippen molar-refractivity contribution in [2.24, 2.45) is 0 Å². The highest BCUT2D eigenvalue weighted by atomic mass is 14.4. The molecule has 0 bridgehead atoms. The Kier molecular flexibility index (Phi) is 6.23. The third-order valence-electron chi connectivity index (χ3n) is 6.20. The van der Waals surface area contributed by atoms with Gasteiger partial charge in [0.2, 0.25) is 0 Å². The topological polar surface area (TPSA) is 0 Å². The Balaban J connectivity index is 1.75. The predicted molar refractivity (Wildman–Crippen MR) is 142 cm³/mol. The lowest BCUT2D eigenvalue weighted by Crippen LogP contribution is -2.15. The van der Waals surface area contributed by atoms with E-state index in [4.69, 9.17) is 0 Å². The minimum atomic E-state index is -0.0444. The molecule has 0 heterocycles. The molecule has 0 saturated heterocycles. The van der Waals surface area contributed by atoms with Crippen LogP contribution in [0.15, 0.2) is 110 Å². The highest BCUT2D eigenvalue weighted by molar-refractivity contribution is 5.86. The Labute approximate surface area is 192 Å². The second-order valence-electron chi connectivity index (χ2n) is 8.64. The van der Waals surface area contributed by atoms with Gasteiger partial charge in [0, 0.05) is 5.41 Å². The van der Waals surface area contributed by atoms with Gasteiger partial charge in [0.1, 0.15) is 0 Å². The van der Waals surface area contributed by atoms with E-state index in [-0.39, 0.29) is 5.41 Å². The highest BCUT2D eigenvalue weighted by Crippen LogP contribution is 2.50. The summed E-state index contributed by atoms with van der Waals surface area (Å²) in [6.07, 6.45) is 18.4. The molecule has 3 aromatic rings. The lowest BCUT2D eigenvalue weighted by molar-refractivity contribution is 0.660. The van der Waals surface area contributed by atoms with Crippen molar-refractivity contribution in [3.63, 3.8) is 0 Å². The summed E-state index contributed by atoms with van der Waals surface area (Å²) < 4.78 is 0. The van der Waals surface area contributed by atoms with Crippen LogP contribution in [0, 0.1) is 0 Å². The average molecular weight is 415 g/mol. The second-order valence-corrected chi connectivity index (χ2v) is 8.64. The normalized spacial score (nSPS) is 14.6. The molecule has 0 atom stereocenters. The molecular weight excluding hydrogens is 384 g/mol. The van der Waals surface area contributed by atoms with E-state index < -0.39 is 0 Å². The number of rotatable bonds is 6. The van der Waals surface area contributed by atoms with Crippen molar-refractivity contribution in [2.75, 3.05) is 0 Å². The van der Waals surface area contributed by atoms with Gasteiger partial charge in [-0.2, -0.15) is 0 Å². The molecule has 0 aromatic heterocycles. The molecule has 0 spiro atoms. The quantitative estimate of drug-likeness (QED) is 0.353. The van der Waals surface area contributed by atoms with Crippen molar-refractivity contribution >= 4 is 12.2 Å². The van der Waals surface area contributed by atoms with Gasteiger partial charge in [-0.25, -0.2) is 0 Å². The van der Waals surface area contributed by atoms with Gasteiger partial charge in [-0.1, -0.05) is 130 Å². The zero-order valence-electron chi connectivity index (χ0n) is 19.2. The van der Waals surface area contributed by atoms with Crippen LogP contribution in [0.2, 0.25) is 0 Å². The summed E-state index contributed by atoms with van der Waals surface area (Å²) in [5.74, 6) is 0.